The predicted molar refractivity (Wildman–Crippen MR) is 94.0 cm³/mol. The minimum absolute atomic E-state index is 0.246. The molecule has 2 heterocycles. The summed E-state index contributed by atoms with van der Waals surface area (Å²) in [7, 11) is 0. The molecule has 4 nitrogen and oxygen atoms in total. The first-order valence-corrected chi connectivity index (χ1v) is 8.23. The van der Waals surface area contributed by atoms with Gasteiger partial charge in [-0.3, -0.25) is 5.10 Å². The monoisotopic (exact) mass is 341 g/mol. The molecule has 2 aromatic carbocycles. The Bertz CT molecular complexity index is 1020. The number of rotatable bonds is 2. The van der Waals surface area contributed by atoms with E-state index < -0.39 is 0 Å². The van der Waals surface area contributed by atoms with E-state index in [1.54, 1.807) is 23.5 Å². The van der Waals surface area contributed by atoms with Crippen LogP contribution in [-0.4, -0.2) is 20.3 Å². The Morgan fingerprint density at radius 2 is 2.00 bits per heavy atom. The quantitative estimate of drug-likeness (QED) is 0.538. The highest BCUT2D eigenvalue weighted by Crippen LogP contribution is 2.38. The van der Waals surface area contributed by atoms with Gasteiger partial charge in [0.2, 0.25) is 0 Å². The molecule has 2 N–H and O–H groups in total. The zero-order valence-corrected chi connectivity index (χ0v) is 13.7. The molecule has 0 aliphatic rings. The number of fused-ring (bicyclic) bond motifs is 1. The first-order valence-electron chi connectivity index (χ1n) is 7.03. The summed E-state index contributed by atoms with van der Waals surface area (Å²) in [5.74, 6) is 0.246. The third-order valence-corrected chi connectivity index (χ3v) is 5.18. The summed E-state index contributed by atoms with van der Waals surface area (Å²) < 4.78 is 0. The molecule has 23 heavy (non-hydrogen) atoms. The number of para-hydroxylation sites is 1. The number of benzene rings is 2. The highest BCUT2D eigenvalue weighted by Gasteiger charge is 2.16. The van der Waals surface area contributed by atoms with Crippen LogP contribution in [0.5, 0.6) is 5.75 Å². The number of aromatic hydroxyl groups is 1. The van der Waals surface area contributed by atoms with E-state index in [2.05, 4.69) is 15.2 Å². The van der Waals surface area contributed by atoms with Crippen molar-refractivity contribution in [3.05, 3.63) is 53.2 Å². The van der Waals surface area contributed by atoms with Crippen molar-refractivity contribution in [3.63, 3.8) is 0 Å². The van der Waals surface area contributed by atoms with Gasteiger partial charge in [-0.05, 0) is 30.7 Å². The maximum atomic E-state index is 9.68. The highest BCUT2D eigenvalue weighted by molar-refractivity contribution is 7.18. The summed E-state index contributed by atoms with van der Waals surface area (Å²) in [6.45, 7) is 1.96. The van der Waals surface area contributed by atoms with Gasteiger partial charge in [0.05, 0.1) is 15.6 Å². The maximum absolute atomic E-state index is 9.68. The Kier molecular flexibility index (Phi) is 3.32. The van der Waals surface area contributed by atoms with E-state index in [9.17, 15) is 5.11 Å². The predicted octanol–water partition coefficient (Wildman–Crippen LogP) is 5.02. The van der Waals surface area contributed by atoms with Crippen LogP contribution < -0.4 is 0 Å². The van der Waals surface area contributed by atoms with Crippen molar-refractivity contribution in [3.8, 4) is 26.9 Å². The molecule has 0 bridgehead atoms. The van der Waals surface area contributed by atoms with E-state index in [0.717, 1.165) is 37.7 Å². The van der Waals surface area contributed by atoms with Crippen LogP contribution in [0.25, 0.3) is 32.0 Å². The van der Waals surface area contributed by atoms with E-state index in [1.165, 1.54) is 0 Å². The van der Waals surface area contributed by atoms with Gasteiger partial charge in [0, 0.05) is 5.39 Å². The summed E-state index contributed by atoms with van der Waals surface area (Å²) in [4.78, 5) is 5.69. The van der Waals surface area contributed by atoms with Crippen LogP contribution in [-0.2, 0) is 0 Å². The van der Waals surface area contributed by atoms with Crippen molar-refractivity contribution in [2.45, 2.75) is 6.92 Å². The molecule has 0 atom stereocenters. The zero-order valence-electron chi connectivity index (χ0n) is 12.2. The smallest absolute Gasteiger partial charge is 0.142 e. The molecule has 0 radical (unpaired) electrons. The van der Waals surface area contributed by atoms with Crippen LogP contribution in [0.1, 0.15) is 5.69 Å². The van der Waals surface area contributed by atoms with Gasteiger partial charge in [-0.1, -0.05) is 35.9 Å². The van der Waals surface area contributed by atoms with Gasteiger partial charge < -0.3 is 5.11 Å². The van der Waals surface area contributed by atoms with Gasteiger partial charge >= 0.3 is 0 Å². The Balaban J connectivity index is 1.87. The van der Waals surface area contributed by atoms with E-state index >= 15 is 0 Å². The fraction of sp³-hybridized carbons (Fsp3) is 0.0588. The molecule has 0 unspecified atom stereocenters. The van der Waals surface area contributed by atoms with Crippen LogP contribution in [0.4, 0.5) is 0 Å². The number of aromatic nitrogens is 3. The lowest BCUT2D eigenvalue weighted by Gasteiger charge is -1.98. The second kappa shape index (κ2) is 5.37. The van der Waals surface area contributed by atoms with Crippen LogP contribution in [0, 0.1) is 6.92 Å². The molecular formula is C17H12ClN3OS. The van der Waals surface area contributed by atoms with Crippen molar-refractivity contribution in [1.29, 1.82) is 0 Å². The van der Waals surface area contributed by atoms with Gasteiger partial charge in [0.15, 0.2) is 0 Å². The van der Waals surface area contributed by atoms with Crippen LogP contribution in [0.15, 0.2) is 42.5 Å². The van der Waals surface area contributed by atoms with E-state index in [1.807, 2.05) is 37.3 Å². The van der Waals surface area contributed by atoms with Gasteiger partial charge in [0.1, 0.15) is 22.0 Å². The normalized spacial score (nSPS) is 11.2. The molecule has 0 aliphatic carbocycles. The van der Waals surface area contributed by atoms with Gasteiger partial charge in [0.25, 0.3) is 0 Å². The molecule has 0 fully saturated rings. The lowest BCUT2D eigenvalue weighted by molar-refractivity contribution is 0.475. The number of aromatic amines is 1. The molecule has 0 aliphatic heterocycles. The lowest BCUT2D eigenvalue weighted by Crippen LogP contribution is -1.79. The SMILES string of the molecule is Cc1nc(-c2[nH]nc3c(Cl)cccc23)sc1-c1cccc(O)c1. The number of nitrogens with zero attached hydrogens (tertiary/aromatic N) is 2. The Morgan fingerprint density at radius 3 is 2.83 bits per heavy atom. The molecule has 2 aromatic heterocycles. The number of H-pyrrole nitrogens is 1. The largest absolute Gasteiger partial charge is 0.508 e. The third kappa shape index (κ3) is 2.38. The number of thiazole rings is 1. The van der Waals surface area contributed by atoms with Gasteiger partial charge in [-0.2, -0.15) is 5.10 Å². The topological polar surface area (TPSA) is 61.8 Å². The average molecular weight is 342 g/mol. The number of phenols is 1. The van der Waals surface area contributed by atoms with Crippen LogP contribution >= 0.6 is 22.9 Å². The highest BCUT2D eigenvalue weighted by atomic mass is 35.5. The average Bonchev–Trinajstić information content (AvgIpc) is 3.11. The first-order chi connectivity index (χ1) is 11.1. The lowest BCUT2D eigenvalue weighted by atomic mass is 10.1. The van der Waals surface area contributed by atoms with Crippen LogP contribution in [0.2, 0.25) is 5.02 Å². The Morgan fingerprint density at radius 1 is 1.17 bits per heavy atom. The molecule has 0 amide bonds. The first kappa shape index (κ1) is 14.2. The molecule has 4 rings (SSSR count). The second-order valence-electron chi connectivity index (χ2n) is 5.22. The number of nitrogens with one attached hydrogen (secondary N) is 1. The van der Waals surface area contributed by atoms with Crippen molar-refractivity contribution >= 4 is 33.8 Å². The fourth-order valence-corrected chi connectivity index (χ4v) is 3.87. The minimum Gasteiger partial charge on any atom is -0.508 e. The molecule has 0 saturated heterocycles. The van der Waals surface area contributed by atoms with E-state index in [0.29, 0.717) is 5.02 Å². The maximum Gasteiger partial charge on any atom is 0.142 e. The zero-order chi connectivity index (χ0) is 16.0. The van der Waals surface area contributed by atoms with Crippen molar-refractivity contribution < 1.29 is 5.11 Å². The standard InChI is InChI=1S/C17H12ClN3OS/c1-9-16(10-4-2-5-11(22)8-10)23-17(19-9)15-12-6-3-7-13(18)14(12)20-21-15/h2-8,22H,1H3,(H,20,21). The number of halogens is 1. The van der Waals surface area contributed by atoms with Crippen LogP contribution in [0.3, 0.4) is 0 Å². The summed E-state index contributed by atoms with van der Waals surface area (Å²) in [5.41, 5.74) is 3.48. The number of hydrogen-bond donors (Lipinski definition) is 2. The molecule has 0 spiro atoms. The third-order valence-electron chi connectivity index (χ3n) is 3.65. The molecule has 6 heteroatoms. The van der Waals surface area contributed by atoms with Gasteiger partial charge in [-0.25, -0.2) is 4.98 Å². The number of aryl methyl sites for hydroxylation is 1. The van der Waals surface area contributed by atoms with E-state index in [4.69, 9.17) is 11.6 Å². The molecule has 114 valence electrons. The fourth-order valence-electron chi connectivity index (χ4n) is 2.58. The Hall–Kier alpha value is -2.37. The summed E-state index contributed by atoms with van der Waals surface area (Å²) in [6, 6.07) is 12.9. The Labute approximate surface area is 141 Å². The molecule has 4 aromatic rings. The van der Waals surface area contributed by atoms with Gasteiger partial charge in [-0.15, -0.1) is 11.3 Å². The molecular weight excluding hydrogens is 330 g/mol. The summed E-state index contributed by atoms with van der Waals surface area (Å²) >= 11 is 7.74. The number of hydrogen-bond acceptors (Lipinski definition) is 4. The number of phenolic OH excluding ortho intramolecular Hbond substituents is 1. The summed E-state index contributed by atoms with van der Waals surface area (Å²) in [5, 5.41) is 19.4. The van der Waals surface area contributed by atoms with Crippen molar-refractivity contribution in [2.24, 2.45) is 0 Å². The van der Waals surface area contributed by atoms with E-state index in [-0.39, 0.29) is 5.75 Å². The second-order valence-corrected chi connectivity index (χ2v) is 6.62. The van der Waals surface area contributed by atoms with Crippen molar-refractivity contribution in [2.75, 3.05) is 0 Å². The summed E-state index contributed by atoms with van der Waals surface area (Å²) in [6.07, 6.45) is 0. The van der Waals surface area contributed by atoms with Crippen molar-refractivity contribution in [1.82, 2.24) is 15.2 Å². The molecule has 0 saturated carbocycles. The minimum atomic E-state index is 0.246.